The van der Waals surface area contributed by atoms with Gasteiger partial charge in [-0.25, -0.2) is 0 Å². The number of carbonyl (C=O) groups is 1. The third kappa shape index (κ3) is 3.38. The zero-order valence-electron chi connectivity index (χ0n) is 15.8. The van der Waals surface area contributed by atoms with Gasteiger partial charge in [0.2, 0.25) is 5.43 Å². The highest BCUT2D eigenvalue weighted by Crippen LogP contribution is 2.33. The predicted molar refractivity (Wildman–Crippen MR) is 111 cm³/mol. The molecule has 1 unspecified atom stereocenters. The van der Waals surface area contributed by atoms with Gasteiger partial charge in [-0.3, -0.25) is 9.59 Å². The quantitative estimate of drug-likeness (QED) is 0.731. The summed E-state index contributed by atoms with van der Waals surface area (Å²) >= 11 is 6.30. The fourth-order valence-electron chi connectivity index (χ4n) is 3.56. The zero-order valence-corrected chi connectivity index (χ0v) is 16.5. The molecule has 2 heterocycles. The molecule has 28 heavy (non-hydrogen) atoms. The van der Waals surface area contributed by atoms with Crippen LogP contribution in [0.5, 0.6) is 5.75 Å². The van der Waals surface area contributed by atoms with Crippen LogP contribution in [0.3, 0.4) is 0 Å². The predicted octanol–water partition coefficient (Wildman–Crippen LogP) is 3.72. The topological polar surface area (TPSA) is 60.3 Å². The lowest BCUT2D eigenvalue weighted by Crippen LogP contribution is -2.33. The molecule has 1 aromatic heterocycles. The number of hydrogen-bond acceptors (Lipinski definition) is 3. The molecule has 6 heteroatoms. The van der Waals surface area contributed by atoms with Gasteiger partial charge in [-0.15, -0.1) is 0 Å². The van der Waals surface area contributed by atoms with Gasteiger partial charge in [-0.2, -0.15) is 0 Å². The van der Waals surface area contributed by atoms with Crippen LogP contribution in [0.4, 0.5) is 0 Å². The van der Waals surface area contributed by atoms with Crippen molar-refractivity contribution in [3.05, 3.63) is 74.5 Å². The van der Waals surface area contributed by atoms with Crippen LogP contribution in [-0.2, 0) is 13.0 Å². The number of benzene rings is 2. The van der Waals surface area contributed by atoms with Crippen molar-refractivity contribution >= 4 is 28.4 Å². The average molecular weight is 397 g/mol. The third-order valence-electron chi connectivity index (χ3n) is 4.98. The van der Waals surface area contributed by atoms with E-state index >= 15 is 0 Å². The van der Waals surface area contributed by atoms with Crippen LogP contribution in [-0.4, -0.2) is 23.1 Å². The molecule has 144 valence electrons. The molecule has 0 saturated carbocycles. The molecule has 1 atom stereocenters. The molecule has 0 aliphatic carbocycles. The average Bonchev–Trinajstić information content (AvgIpc) is 2.67. The highest BCUT2D eigenvalue weighted by atomic mass is 35.5. The van der Waals surface area contributed by atoms with Gasteiger partial charge in [-0.05, 0) is 38.0 Å². The fraction of sp³-hybridized carbons (Fsp3) is 0.273. The van der Waals surface area contributed by atoms with E-state index in [9.17, 15) is 9.59 Å². The molecular formula is C22H21ClN2O3. The Morgan fingerprint density at radius 2 is 2.00 bits per heavy atom. The molecule has 1 amide bonds. The molecule has 0 saturated heterocycles. The Morgan fingerprint density at radius 1 is 1.25 bits per heavy atom. The summed E-state index contributed by atoms with van der Waals surface area (Å²) in [6, 6.07) is 11.6. The number of nitrogens with one attached hydrogen (secondary N) is 1. The first-order chi connectivity index (χ1) is 13.4. The summed E-state index contributed by atoms with van der Waals surface area (Å²) in [5.41, 5.74) is 2.70. The highest BCUT2D eigenvalue weighted by molar-refractivity contribution is 6.35. The lowest BCUT2D eigenvalue weighted by Gasteiger charge is -2.26. The standard InChI is InChI=1S/C22H21ClN2O3/c1-13-3-5-15(6-4-13)9-10-24-22(27)16-12-25-11-14(2)28-18-8-7-17(23)19(20(18)25)21(16)26/h3-8,12,14H,9-11H2,1-2H3,(H,24,27). The summed E-state index contributed by atoms with van der Waals surface area (Å²) in [4.78, 5) is 25.7. The first-order valence-electron chi connectivity index (χ1n) is 9.30. The van der Waals surface area contributed by atoms with Gasteiger partial charge in [-0.1, -0.05) is 41.4 Å². The van der Waals surface area contributed by atoms with E-state index in [1.807, 2.05) is 42.7 Å². The molecule has 1 aliphatic rings. The van der Waals surface area contributed by atoms with Crippen LogP contribution >= 0.6 is 11.6 Å². The molecule has 1 aliphatic heterocycles. The van der Waals surface area contributed by atoms with E-state index in [4.69, 9.17) is 16.3 Å². The maximum Gasteiger partial charge on any atom is 0.256 e. The highest BCUT2D eigenvalue weighted by Gasteiger charge is 2.24. The second-order valence-corrected chi connectivity index (χ2v) is 7.62. The summed E-state index contributed by atoms with van der Waals surface area (Å²) in [5.74, 6) is 0.227. The Labute approximate surface area is 167 Å². The number of nitrogens with zero attached hydrogens (tertiary/aromatic N) is 1. The smallest absolute Gasteiger partial charge is 0.256 e. The lowest BCUT2D eigenvalue weighted by molar-refractivity contribution is 0.0951. The summed E-state index contributed by atoms with van der Waals surface area (Å²) in [6.07, 6.45) is 2.26. The van der Waals surface area contributed by atoms with Crippen molar-refractivity contribution in [2.75, 3.05) is 6.54 Å². The number of pyridine rings is 1. The Kier molecular flexibility index (Phi) is 4.85. The Hall–Kier alpha value is -2.79. The molecule has 2 aromatic carbocycles. The van der Waals surface area contributed by atoms with Crippen LogP contribution in [0.1, 0.15) is 28.4 Å². The monoisotopic (exact) mass is 396 g/mol. The SMILES string of the molecule is Cc1ccc(CCNC(=O)c2cn3c4c(ccc(Cl)c4c2=O)OC(C)C3)cc1. The van der Waals surface area contributed by atoms with E-state index in [0.29, 0.717) is 41.2 Å². The van der Waals surface area contributed by atoms with E-state index in [2.05, 4.69) is 5.32 Å². The van der Waals surface area contributed by atoms with E-state index in [1.54, 1.807) is 18.3 Å². The maximum atomic E-state index is 13.0. The van der Waals surface area contributed by atoms with E-state index in [0.717, 1.165) is 5.56 Å². The molecule has 0 fully saturated rings. The number of amides is 1. The number of carbonyl (C=O) groups excluding carboxylic acids is 1. The van der Waals surface area contributed by atoms with Crippen LogP contribution in [0.15, 0.2) is 47.4 Å². The fourth-order valence-corrected chi connectivity index (χ4v) is 3.80. The number of rotatable bonds is 4. The van der Waals surface area contributed by atoms with Crippen molar-refractivity contribution in [2.24, 2.45) is 0 Å². The van der Waals surface area contributed by atoms with E-state index in [1.165, 1.54) is 5.56 Å². The van der Waals surface area contributed by atoms with Gasteiger partial charge in [0, 0.05) is 12.7 Å². The van der Waals surface area contributed by atoms with Crippen molar-refractivity contribution in [1.82, 2.24) is 9.88 Å². The number of hydrogen-bond donors (Lipinski definition) is 1. The summed E-state index contributed by atoms with van der Waals surface area (Å²) in [7, 11) is 0. The van der Waals surface area contributed by atoms with Gasteiger partial charge < -0.3 is 14.6 Å². The van der Waals surface area contributed by atoms with Crippen molar-refractivity contribution in [3.8, 4) is 5.75 Å². The Balaban J connectivity index is 1.62. The van der Waals surface area contributed by atoms with Crippen molar-refractivity contribution in [1.29, 1.82) is 0 Å². The second kappa shape index (κ2) is 7.32. The second-order valence-electron chi connectivity index (χ2n) is 7.21. The zero-order chi connectivity index (χ0) is 19.8. The van der Waals surface area contributed by atoms with Gasteiger partial charge in [0.1, 0.15) is 17.4 Å². The van der Waals surface area contributed by atoms with E-state index < -0.39 is 0 Å². The Morgan fingerprint density at radius 3 is 2.75 bits per heavy atom. The largest absolute Gasteiger partial charge is 0.487 e. The minimum absolute atomic E-state index is 0.0585. The van der Waals surface area contributed by atoms with Crippen molar-refractivity contribution in [3.63, 3.8) is 0 Å². The number of ether oxygens (including phenoxy) is 1. The molecule has 3 aromatic rings. The molecule has 4 rings (SSSR count). The van der Waals surface area contributed by atoms with Crippen LogP contribution < -0.4 is 15.5 Å². The molecule has 0 radical (unpaired) electrons. The van der Waals surface area contributed by atoms with Crippen LogP contribution in [0.2, 0.25) is 5.02 Å². The lowest BCUT2D eigenvalue weighted by atomic mass is 10.1. The van der Waals surface area contributed by atoms with Crippen LogP contribution in [0, 0.1) is 6.92 Å². The number of aryl methyl sites for hydroxylation is 1. The third-order valence-corrected chi connectivity index (χ3v) is 5.30. The van der Waals surface area contributed by atoms with E-state index in [-0.39, 0.29) is 23.0 Å². The first-order valence-corrected chi connectivity index (χ1v) is 9.68. The molecule has 0 bridgehead atoms. The first kappa shape index (κ1) is 18.6. The number of halogens is 1. The normalized spacial score (nSPS) is 15.3. The summed E-state index contributed by atoms with van der Waals surface area (Å²) < 4.78 is 7.71. The van der Waals surface area contributed by atoms with Crippen molar-refractivity contribution < 1.29 is 9.53 Å². The minimum atomic E-state index is -0.386. The molecule has 0 spiro atoms. The van der Waals surface area contributed by atoms with Gasteiger partial charge >= 0.3 is 0 Å². The van der Waals surface area contributed by atoms with Gasteiger partial charge in [0.15, 0.2) is 0 Å². The van der Waals surface area contributed by atoms with Gasteiger partial charge in [0.25, 0.3) is 5.91 Å². The van der Waals surface area contributed by atoms with Gasteiger partial charge in [0.05, 0.1) is 22.5 Å². The maximum absolute atomic E-state index is 13.0. The molecule has 5 nitrogen and oxygen atoms in total. The minimum Gasteiger partial charge on any atom is -0.487 e. The van der Waals surface area contributed by atoms with Crippen LogP contribution in [0.25, 0.3) is 10.9 Å². The molecule has 1 N–H and O–H groups in total. The number of aromatic nitrogens is 1. The Bertz CT molecular complexity index is 1120. The van der Waals surface area contributed by atoms with Crippen molar-refractivity contribution in [2.45, 2.75) is 32.9 Å². The molecular weight excluding hydrogens is 376 g/mol. The summed E-state index contributed by atoms with van der Waals surface area (Å²) in [5, 5.41) is 3.51. The summed E-state index contributed by atoms with van der Waals surface area (Å²) in [6.45, 7) is 4.98.